The number of nitrogens with one attached hydrogen (secondary N) is 1. The highest BCUT2D eigenvalue weighted by atomic mass is 16.5. The van der Waals surface area contributed by atoms with Crippen LogP contribution in [0, 0.1) is 0 Å². The van der Waals surface area contributed by atoms with Crippen LogP contribution in [0.5, 0.6) is 5.75 Å². The smallest absolute Gasteiger partial charge is 0.258 e. The molecule has 5 heteroatoms. The monoisotopic (exact) mass is 438 g/mol. The number of carbonyl (C=O) groups excluding carboxylic acids is 1. The number of rotatable bonds is 7. The Morgan fingerprint density at radius 2 is 1.76 bits per heavy atom. The van der Waals surface area contributed by atoms with Gasteiger partial charge in [0.1, 0.15) is 17.2 Å². The summed E-state index contributed by atoms with van der Waals surface area (Å²) in [6, 6.07) is 29.6. The summed E-state index contributed by atoms with van der Waals surface area (Å²) >= 11 is 0. The van der Waals surface area contributed by atoms with Crippen molar-refractivity contribution in [2.24, 2.45) is 0 Å². The predicted molar refractivity (Wildman–Crippen MR) is 128 cm³/mol. The fraction of sp³-hybridized carbons (Fsp3) is 0.179. The Morgan fingerprint density at radius 1 is 0.939 bits per heavy atom. The van der Waals surface area contributed by atoms with Crippen LogP contribution in [0.1, 0.15) is 34.2 Å². The van der Waals surface area contributed by atoms with E-state index in [9.17, 15) is 4.79 Å². The molecule has 1 aliphatic rings. The molecule has 1 aromatic heterocycles. The van der Waals surface area contributed by atoms with E-state index in [2.05, 4.69) is 17.4 Å². The van der Waals surface area contributed by atoms with Gasteiger partial charge in [0.15, 0.2) is 0 Å². The molecular formula is C28H26N2O3. The van der Waals surface area contributed by atoms with Gasteiger partial charge in [0.2, 0.25) is 0 Å². The van der Waals surface area contributed by atoms with Crippen LogP contribution in [0.3, 0.4) is 0 Å². The maximum Gasteiger partial charge on any atom is 0.258 e. The van der Waals surface area contributed by atoms with Crippen molar-refractivity contribution in [3.05, 3.63) is 120 Å². The van der Waals surface area contributed by atoms with Gasteiger partial charge < -0.3 is 19.4 Å². The molecule has 0 fully saturated rings. The number of anilines is 1. The summed E-state index contributed by atoms with van der Waals surface area (Å²) in [5.74, 6) is 1.46. The summed E-state index contributed by atoms with van der Waals surface area (Å²) in [5.41, 5.74) is 2.86. The lowest BCUT2D eigenvalue weighted by Gasteiger charge is -2.46. The van der Waals surface area contributed by atoms with Crippen LogP contribution >= 0.6 is 0 Å². The molecule has 5 rings (SSSR count). The number of para-hydroxylation sites is 1. The third kappa shape index (κ3) is 4.22. The molecular weight excluding hydrogens is 412 g/mol. The molecule has 4 aromatic rings. The number of hydrogen-bond donors (Lipinski definition) is 1. The van der Waals surface area contributed by atoms with E-state index in [0.29, 0.717) is 18.7 Å². The first-order valence-electron chi connectivity index (χ1n) is 11.1. The minimum absolute atomic E-state index is 0.0429. The first-order valence-corrected chi connectivity index (χ1v) is 11.1. The van der Waals surface area contributed by atoms with Gasteiger partial charge >= 0.3 is 0 Å². The van der Waals surface area contributed by atoms with Crippen LogP contribution in [0.4, 0.5) is 5.69 Å². The third-order valence-electron chi connectivity index (χ3n) is 6.11. The van der Waals surface area contributed by atoms with Crippen LogP contribution in [0.2, 0.25) is 0 Å². The average Bonchev–Trinajstić information content (AvgIpc) is 3.36. The van der Waals surface area contributed by atoms with Crippen molar-refractivity contribution < 1.29 is 13.9 Å². The highest BCUT2D eigenvalue weighted by molar-refractivity contribution is 6.02. The Kier molecular flexibility index (Phi) is 5.61. The van der Waals surface area contributed by atoms with Crippen molar-refractivity contribution in [3.8, 4) is 5.75 Å². The highest BCUT2D eigenvalue weighted by Gasteiger charge is 2.43. The Labute approximate surface area is 193 Å². The van der Waals surface area contributed by atoms with Crippen molar-refractivity contribution in [1.82, 2.24) is 4.90 Å². The topological polar surface area (TPSA) is 54.7 Å². The van der Waals surface area contributed by atoms with E-state index in [0.717, 1.165) is 29.2 Å². The van der Waals surface area contributed by atoms with E-state index >= 15 is 0 Å². The number of fused-ring (bicyclic) bond motifs is 1. The molecule has 0 saturated carbocycles. The quantitative estimate of drug-likeness (QED) is 0.394. The molecule has 2 heterocycles. The maximum absolute atomic E-state index is 13.6. The fourth-order valence-corrected chi connectivity index (χ4v) is 4.29. The van der Waals surface area contributed by atoms with Gasteiger partial charge in [-0.1, -0.05) is 54.6 Å². The van der Waals surface area contributed by atoms with Crippen LogP contribution in [0.25, 0.3) is 0 Å². The standard InChI is InChI=1S/C28H26N2O3/c1-28(22-11-7-12-23(19-22)33-18-16-21-9-3-2-4-10-21)29-26-15-6-5-14-25(26)27(31)30(28)20-24-13-8-17-32-24/h2-15,17,19,29H,16,18,20H2,1H3. The van der Waals surface area contributed by atoms with Crippen molar-refractivity contribution >= 4 is 11.6 Å². The van der Waals surface area contributed by atoms with Crippen molar-refractivity contribution in [1.29, 1.82) is 0 Å². The highest BCUT2D eigenvalue weighted by Crippen LogP contribution is 2.39. The van der Waals surface area contributed by atoms with Crippen LogP contribution in [-0.2, 0) is 18.6 Å². The fourth-order valence-electron chi connectivity index (χ4n) is 4.29. The number of hydrogen-bond acceptors (Lipinski definition) is 4. The van der Waals surface area contributed by atoms with Gasteiger partial charge in [-0.2, -0.15) is 0 Å². The third-order valence-corrected chi connectivity index (χ3v) is 6.11. The average molecular weight is 439 g/mol. The van der Waals surface area contributed by atoms with Gasteiger partial charge in [-0.3, -0.25) is 4.79 Å². The minimum atomic E-state index is -0.781. The molecule has 3 aromatic carbocycles. The maximum atomic E-state index is 13.6. The van der Waals surface area contributed by atoms with Crippen LogP contribution < -0.4 is 10.1 Å². The molecule has 33 heavy (non-hydrogen) atoms. The zero-order valence-corrected chi connectivity index (χ0v) is 18.5. The van der Waals surface area contributed by atoms with E-state index in [-0.39, 0.29) is 5.91 Å². The molecule has 166 valence electrons. The van der Waals surface area contributed by atoms with Gasteiger partial charge in [0, 0.05) is 17.7 Å². The predicted octanol–water partition coefficient (Wildman–Crippen LogP) is 5.84. The summed E-state index contributed by atoms with van der Waals surface area (Å²) in [7, 11) is 0. The van der Waals surface area contributed by atoms with Gasteiger partial charge in [-0.05, 0) is 48.9 Å². The SMILES string of the molecule is CC1(c2cccc(OCCc3ccccc3)c2)Nc2ccccc2C(=O)N1Cc1ccco1. The molecule has 1 aliphatic heterocycles. The summed E-state index contributed by atoms with van der Waals surface area (Å²) in [5, 5.41) is 3.60. The number of ether oxygens (including phenoxy) is 1. The minimum Gasteiger partial charge on any atom is -0.493 e. The molecule has 0 spiro atoms. The second-order valence-corrected chi connectivity index (χ2v) is 8.33. The molecule has 5 nitrogen and oxygen atoms in total. The summed E-state index contributed by atoms with van der Waals surface area (Å²) in [6.45, 7) is 2.95. The normalized spacial score (nSPS) is 17.4. The molecule has 1 unspecified atom stereocenters. The van der Waals surface area contributed by atoms with E-state index < -0.39 is 5.66 Å². The molecule has 0 radical (unpaired) electrons. The van der Waals surface area contributed by atoms with Gasteiger partial charge in [0.05, 0.1) is 25.0 Å². The summed E-state index contributed by atoms with van der Waals surface area (Å²) < 4.78 is 11.6. The summed E-state index contributed by atoms with van der Waals surface area (Å²) in [4.78, 5) is 15.4. The van der Waals surface area contributed by atoms with Crippen LogP contribution in [0.15, 0.2) is 102 Å². The Morgan fingerprint density at radius 3 is 2.58 bits per heavy atom. The molecule has 0 saturated heterocycles. The number of benzene rings is 3. The Hall–Kier alpha value is -3.99. The lowest BCUT2D eigenvalue weighted by molar-refractivity contribution is 0.0486. The van der Waals surface area contributed by atoms with Gasteiger partial charge in [0.25, 0.3) is 5.91 Å². The molecule has 1 atom stereocenters. The van der Waals surface area contributed by atoms with E-state index in [1.165, 1.54) is 5.56 Å². The first kappa shape index (κ1) is 20.9. The molecule has 0 bridgehead atoms. The van der Waals surface area contributed by atoms with Crippen molar-refractivity contribution in [2.45, 2.75) is 25.6 Å². The number of furan rings is 1. The second kappa shape index (κ2) is 8.87. The number of amides is 1. The second-order valence-electron chi connectivity index (χ2n) is 8.33. The molecule has 0 aliphatic carbocycles. The lowest BCUT2D eigenvalue weighted by atomic mass is 9.93. The lowest BCUT2D eigenvalue weighted by Crippen LogP contribution is -2.55. The molecule has 1 amide bonds. The zero-order chi connectivity index (χ0) is 22.7. The summed E-state index contributed by atoms with van der Waals surface area (Å²) in [6.07, 6.45) is 2.46. The van der Waals surface area contributed by atoms with E-state index in [1.54, 1.807) is 6.26 Å². The zero-order valence-electron chi connectivity index (χ0n) is 18.5. The first-order chi connectivity index (χ1) is 16.1. The van der Waals surface area contributed by atoms with E-state index in [1.807, 2.05) is 90.7 Å². The van der Waals surface area contributed by atoms with Gasteiger partial charge in [-0.25, -0.2) is 0 Å². The Balaban J connectivity index is 1.44. The number of nitrogens with zero attached hydrogens (tertiary/aromatic N) is 1. The van der Waals surface area contributed by atoms with Crippen molar-refractivity contribution in [3.63, 3.8) is 0 Å². The van der Waals surface area contributed by atoms with Crippen molar-refractivity contribution in [2.75, 3.05) is 11.9 Å². The van der Waals surface area contributed by atoms with E-state index in [4.69, 9.17) is 9.15 Å². The Bertz CT molecular complexity index is 1240. The van der Waals surface area contributed by atoms with Gasteiger partial charge in [-0.15, -0.1) is 0 Å². The number of carbonyl (C=O) groups is 1. The largest absolute Gasteiger partial charge is 0.493 e. The molecule has 1 N–H and O–H groups in total. The van der Waals surface area contributed by atoms with Crippen LogP contribution in [-0.4, -0.2) is 17.4 Å².